The fourth-order valence-electron chi connectivity index (χ4n) is 2.76. The van der Waals surface area contributed by atoms with Crippen molar-refractivity contribution in [1.82, 2.24) is 19.8 Å². The Morgan fingerprint density at radius 1 is 1.27 bits per heavy atom. The number of halogens is 1. The zero-order valence-electron chi connectivity index (χ0n) is 14.4. The van der Waals surface area contributed by atoms with E-state index in [1.165, 1.54) is 0 Å². The molecule has 1 amide bonds. The van der Waals surface area contributed by atoms with Crippen LogP contribution in [0.4, 0.5) is 11.5 Å². The number of aromatic nitrogens is 4. The standard InChI is InChI=1S/C18H19ClN6O/c1-11-13(19)3-2-4-14(11)21-17(26)9-10-20-15-7-8-16-22-23-18(12-5-6-12)25(16)24-15/h2-4,7-8,12H,5-6,9-10H2,1H3,(H,20,24)(H,21,26). The number of carbonyl (C=O) groups excluding carboxylic acids is 1. The fraction of sp³-hybridized carbons (Fsp3) is 0.333. The maximum Gasteiger partial charge on any atom is 0.226 e. The number of hydrogen-bond donors (Lipinski definition) is 2. The SMILES string of the molecule is Cc1c(Cl)cccc1NC(=O)CCNc1ccc2nnc(C3CC3)n2n1. The number of benzene rings is 1. The minimum atomic E-state index is -0.0769. The van der Waals surface area contributed by atoms with Gasteiger partial charge in [-0.25, -0.2) is 0 Å². The maximum absolute atomic E-state index is 12.1. The van der Waals surface area contributed by atoms with Crippen molar-refractivity contribution in [1.29, 1.82) is 0 Å². The Balaban J connectivity index is 1.35. The number of nitrogens with one attached hydrogen (secondary N) is 2. The monoisotopic (exact) mass is 370 g/mol. The van der Waals surface area contributed by atoms with Gasteiger partial charge in [0.25, 0.3) is 0 Å². The molecule has 1 fully saturated rings. The second-order valence-electron chi connectivity index (χ2n) is 6.46. The summed E-state index contributed by atoms with van der Waals surface area (Å²) in [5.41, 5.74) is 2.34. The molecule has 1 saturated carbocycles. The third-order valence-electron chi connectivity index (χ3n) is 4.43. The summed E-state index contributed by atoms with van der Waals surface area (Å²) >= 11 is 6.07. The smallest absolute Gasteiger partial charge is 0.226 e. The van der Waals surface area contributed by atoms with Gasteiger partial charge in [-0.2, -0.15) is 4.52 Å². The summed E-state index contributed by atoms with van der Waals surface area (Å²) in [7, 11) is 0. The molecular weight excluding hydrogens is 352 g/mol. The van der Waals surface area contributed by atoms with E-state index in [0.29, 0.717) is 29.7 Å². The first-order valence-electron chi connectivity index (χ1n) is 8.63. The topological polar surface area (TPSA) is 84.2 Å². The molecule has 26 heavy (non-hydrogen) atoms. The number of amides is 1. The highest BCUT2D eigenvalue weighted by atomic mass is 35.5. The van der Waals surface area contributed by atoms with Crippen LogP contribution >= 0.6 is 11.6 Å². The van der Waals surface area contributed by atoms with E-state index < -0.39 is 0 Å². The van der Waals surface area contributed by atoms with Gasteiger partial charge in [0.15, 0.2) is 11.5 Å². The lowest BCUT2D eigenvalue weighted by molar-refractivity contribution is -0.115. The molecule has 0 atom stereocenters. The molecule has 2 heterocycles. The first-order chi connectivity index (χ1) is 12.6. The van der Waals surface area contributed by atoms with Crippen LogP contribution in [0, 0.1) is 6.92 Å². The third-order valence-corrected chi connectivity index (χ3v) is 4.84. The van der Waals surface area contributed by atoms with Crippen LogP contribution in [0.5, 0.6) is 0 Å². The molecular formula is C18H19ClN6O. The highest BCUT2D eigenvalue weighted by Crippen LogP contribution is 2.38. The van der Waals surface area contributed by atoms with Gasteiger partial charge in [0.05, 0.1) is 0 Å². The number of rotatable bonds is 6. The van der Waals surface area contributed by atoms with Crippen molar-refractivity contribution in [2.45, 2.75) is 32.1 Å². The van der Waals surface area contributed by atoms with E-state index >= 15 is 0 Å². The minimum Gasteiger partial charge on any atom is -0.368 e. The molecule has 3 aromatic rings. The van der Waals surface area contributed by atoms with E-state index in [1.54, 1.807) is 10.6 Å². The Kier molecular flexibility index (Phi) is 4.46. The summed E-state index contributed by atoms with van der Waals surface area (Å²) in [6.07, 6.45) is 2.61. The first kappa shape index (κ1) is 16.8. The van der Waals surface area contributed by atoms with E-state index in [9.17, 15) is 4.79 Å². The molecule has 0 aliphatic heterocycles. The largest absolute Gasteiger partial charge is 0.368 e. The minimum absolute atomic E-state index is 0.0769. The Morgan fingerprint density at radius 2 is 2.12 bits per heavy atom. The van der Waals surface area contributed by atoms with Crippen LogP contribution < -0.4 is 10.6 Å². The quantitative estimate of drug-likeness (QED) is 0.694. The van der Waals surface area contributed by atoms with Crippen molar-refractivity contribution < 1.29 is 4.79 Å². The molecule has 0 radical (unpaired) electrons. The predicted octanol–water partition coefficient (Wildman–Crippen LogP) is 3.40. The van der Waals surface area contributed by atoms with Gasteiger partial charge < -0.3 is 10.6 Å². The Bertz CT molecular complexity index is 965. The molecule has 0 unspecified atom stereocenters. The fourth-order valence-corrected chi connectivity index (χ4v) is 2.93. The van der Waals surface area contributed by atoms with Crippen LogP contribution in [0.3, 0.4) is 0 Å². The van der Waals surface area contributed by atoms with Crippen LogP contribution in [-0.2, 0) is 4.79 Å². The first-order valence-corrected chi connectivity index (χ1v) is 9.01. The average Bonchev–Trinajstić information content (AvgIpc) is 3.38. The van der Waals surface area contributed by atoms with Gasteiger partial charge in [0.2, 0.25) is 5.91 Å². The lowest BCUT2D eigenvalue weighted by atomic mass is 10.2. The molecule has 0 bridgehead atoms. The van der Waals surface area contributed by atoms with E-state index in [4.69, 9.17) is 11.6 Å². The van der Waals surface area contributed by atoms with Crippen LogP contribution in [0.2, 0.25) is 5.02 Å². The second-order valence-corrected chi connectivity index (χ2v) is 6.87. The van der Waals surface area contributed by atoms with Crippen molar-refractivity contribution in [3.63, 3.8) is 0 Å². The molecule has 0 spiro atoms. The highest BCUT2D eigenvalue weighted by molar-refractivity contribution is 6.31. The van der Waals surface area contributed by atoms with Crippen molar-refractivity contribution >= 4 is 34.7 Å². The maximum atomic E-state index is 12.1. The summed E-state index contributed by atoms with van der Waals surface area (Å²) in [5, 5.41) is 19.6. The predicted molar refractivity (Wildman–Crippen MR) is 101 cm³/mol. The molecule has 1 aliphatic rings. The van der Waals surface area contributed by atoms with Crippen molar-refractivity contribution in [3.8, 4) is 0 Å². The van der Waals surface area contributed by atoms with Gasteiger partial charge in [0, 0.05) is 29.6 Å². The lowest BCUT2D eigenvalue weighted by Gasteiger charge is -2.10. The zero-order chi connectivity index (χ0) is 18.1. The molecule has 7 nitrogen and oxygen atoms in total. The number of hydrogen-bond acceptors (Lipinski definition) is 5. The highest BCUT2D eigenvalue weighted by Gasteiger charge is 2.29. The summed E-state index contributed by atoms with van der Waals surface area (Å²) in [6.45, 7) is 2.36. The number of nitrogens with zero attached hydrogens (tertiary/aromatic N) is 4. The molecule has 2 N–H and O–H groups in total. The van der Waals surface area contributed by atoms with Crippen LogP contribution in [0.25, 0.3) is 5.65 Å². The van der Waals surface area contributed by atoms with Gasteiger partial charge in [-0.15, -0.1) is 15.3 Å². The summed E-state index contributed by atoms with van der Waals surface area (Å²) in [5.74, 6) is 2.01. The molecule has 134 valence electrons. The molecule has 1 aliphatic carbocycles. The number of fused-ring (bicyclic) bond motifs is 1. The van der Waals surface area contributed by atoms with E-state index in [0.717, 1.165) is 35.6 Å². The van der Waals surface area contributed by atoms with Crippen molar-refractivity contribution in [2.24, 2.45) is 0 Å². The van der Waals surface area contributed by atoms with Crippen molar-refractivity contribution in [2.75, 3.05) is 17.2 Å². The molecule has 8 heteroatoms. The molecule has 4 rings (SSSR count). The van der Waals surface area contributed by atoms with Gasteiger partial charge in [-0.05, 0) is 49.6 Å². The average molecular weight is 371 g/mol. The van der Waals surface area contributed by atoms with Gasteiger partial charge in [-0.3, -0.25) is 4.79 Å². The van der Waals surface area contributed by atoms with Gasteiger partial charge in [0.1, 0.15) is 5.82 Å². The Labute approximate surface area is 155 Å². The van der Waals surface area contributed by atoms with Crippen LogP contribution in [0.15, 0.2) is 30.3 Å². The van der Waals surface area contributed by atoms with Gasteiger partial charge in [-0.1, -0.05) is 17.7 Å². The van der Waals surface area contributed by atoms with E-state index in [2.05, 4.69) is 25.9 Å². The lowest BCUT2D eigenvalue weighted by Crippen LogP contribution is -2.17. The van der Waals surface area contributed by atoms with E-state index in [1.807, 2.05) is 31.2 Å². The van der Waals surface area contributed by atoms with Gasteiger partial charge >= 0.3 is 0 Å². The summed E-state index contributed by atoms with van der Waals surface area (Å²) in [6, 6.07) is 9.19. The van der Waals surface area contributed by atoms with Crippen molar-refractivity contribution in [3.05, 3.63) is 46.7 Å². The summed E-state index contributed by atoms with van der Waals surface area (Å²) in [4.78, 5) is 12.1. The van der Waals surface area contributed by atoms with Crippen LogP contribution in [0.1, 0.15) is 36.6 Å². The Morgan fingerprint density at radius 3 is 2.92 bits per heavy atom. The normalized spacial score (nSPS) is 13.8. The zero-order valence-corrected chi connectivity index (χ0v) is 15.1. The Hall–Kier alpha value is -2.67. The summed E-state index contributed by atoms with van der Waals surface area (Å²) < 4.78 is 1.79. The number of anilines is 2. The second kappa shape index (κ2) is 6.92. The van der Waals surface area contributed by atoms with E-state index in [-0.39, 0.29) is 5.91 Å². The molecule has 1 aromatic carbocycles. The third kappa shape index (κ3) is 3.48. The molecule has 0 saturated heterocycles. The van der Waals surface area contributed by atoms with Crippen LogP contribution in [-0.4, -0.2) is 32.3 Å². The molecule has 2 aromatic heterocycles. The number of carbonyl (C=O) groups is 1.